The lowest BCUT2D eigenvalue weighted by Gasteiger charge is -2.12. The molecule has 0 saturated carbocycles. The first-order valence-corrected chi connectivity index (χ1v) is 9.92. The molecule has 1 heterocycles. The molecule has 2 heteroatoms. The van der Waals surface area contributed by atoms with Crippen LogP contribution in [0.3, 0.4) is 0 Å². The molecule has 3 aromatic rings. The van der Waals surface area contributed by atoms with Crippen LogP contribution >= 0.6 is 0 Å². The average molecular weight is 348 g/mol. The minimum absolute atomic E-state index is 0.317. The summed E-state index contributed by atoms with van der Waals surface area (Å²) in [5.41, 5.74) is 4.36. The van der Waals surface area contributed by atoms with Gasteiger partial charge in [-0.05, 0) is 30.0 Å². The van der Waals surface area contributed by atoms with E-state index in [2.05, 4.69) is 36.2 Å². The number of fused-ring (bicyclic) bond motifs is 1. The minimum atomic E-state index is 0.317. The van der Waals surface area contributed by atoms with Gasteiger partial charge in [0, 0.05) is 23.6 Å². The molecule has 2 aromatic carbocycles. The maximum absolute atomic E-state index is 10.6. The summed E-state index contributed by atoms with van der Waals surface area (Å²) in [6.07, 6.45) is 11.5. The molecule has 0 aliphatic carbocycles. The summed E-state index contributed by atoms with van der Waals surface area (Å²) in [7, 11) is 0. The second-order valence-electron chi connectivity index (χ2n) is 7.11. The number of hydrogen-bond donors (Lipinski definition) is 1. The van der Waals surface area contributed by atoms with Crippen molar-refractivity contribution in [1.82, 2.24) is 4.98 Å². The molecular formula is C24H29NO. The zero-order valence-electron chi connectivity index (χ0n) is 15.7. The van der Waals surface area contributed by atoms with E-state index in [1.54, 1.807) is 6.20 Å². The smallest absolute Gasteiger partial charge is 0.145 e. The quantitative estimate of drug-likeness (QED) is 0.452. The summed E-state index contributed by atoms with van der Waals surface area (Å²) >= 11 is 0. The molecule has 1 N–H and O–H groups in total. The monoisotopic (exact) mass is 347 g/mol. The van der Waals surface area contributed by atoms with E-state index in [1.165, 1.54) is 49.7 Å². The molecule has 0 unspecified atom stereocenters. The molecule has 0 saturated heterocycles. The lowest BCUT2D eigenvalue weighted by Crippen LogP contribution is -1.97. The number of unbranched alkanes of at least 4 members (excludes halogenated alkanes) is 5. The van der Waals surface area contributed by atoms with E-state index in [1.807, 2.05) is 24.3 Å². The highest BCUT2D eigenvalue weighted by Gasteiger charge is 2.10. The van der Waals surface area contributed by atoms with Crippen molar-refractivity contribution in [2.45, 2.75) is 58.3 Å². The fourth-order valence-electron chi connectivity index (χ4n) is 3.59. The molecule has 0 bridgehead atoms. The Labute approximate surface area is 156 Å². The summed E-state index contributed by atoms with van der Waals surface area (Å²) in [4.78, 5) is 4.34. The summed E-state index contributed by atoms with van der Waals surface area (Å²) in [6.45, 7) is 2.26. The van der Waals surface area contributed by atoms with Gasteiger partial charge in [-0.3, -0.25) is 4.98 Å². The third-order valence-corrected chi connectivity index (χ3v) is 5.13. The number of rotatable bonds is 9. The van der Waals surface area contributed by atoms with E-state index >= 15 is 0 Å². The number of nitrogens with zero attached hydrogens (tertiary/aromatic N) is 1. The van der Waals surface area contributed by atoms with E-state index in [9.17, 15) is 5.11 Å². The third-order valence-electron chi connectivity index (χ3n) is 5.13. The predicted molar refractivity (Wildman–Crippen MR) is 110 cm³/mol. The summed E-state index contributed by atoms with van der Waals surface area (Å²) in [6, 6.07) is 16.6. The number of benzene rings is 2. The van der Waals surface area contributed by atoms with Crippen LogP contribution in [0.2, 0.25) is 0 Å². The molecule has 0 aliphatic rings. The Morgan fingerprint density at radius 3 is 2.38 bits per heavy atom. The number of hydrogen-bond acceptors (Lipinski definition) is 2. The SMILES string of the molecule is CCCCCCCCc1ccccc1Cc1ccc2cccnc2c1O. The van der Waals surface area contributed by atoms with Crippen LogP contribution in [0.4, 0.5) is 0 Å². The molecule has 2 nitrogen and oxygen atoms in total. The van der Waals surface area contributed by atoms with Crippen LogP contribution in [0, 0.1) is 0 Å². The molecular weight excluding hydrogens is 318 g/mol. The Morgan fingerprint density at radius 2 is 1.54 bits per heavy atom. The molecule has 136 valence electrons. The van der Waals surface area contributed by atoms with Crippen molar-refractivity contribution in [3.63, 3.8) is 0 Å². The molecule has 1 aromatic heterocycles. The maximum atomic E-state index is 10.6. The number of phenols is 1. The largest absolute Gasteiger partial charge is 0.505 e. The van der Waals surface area contributed by atoms with E-state index in [0.717, 1.165) is 23.8 Å². The van der Waals surface area contributed by atoms with Gasteiger partial charge in [-0.15, -0.1) is 0 Å². The average Bonchev–Trinajstić information content (AvgIpc) is 2.68. The molecule has 3 rings (SSSR count). The molecule has 26 heavy (non-hydrogen) atoms. The van der Waals surface area contributed by atoms with Crippen molar-refractivity contribution >= 4 is 10.9 Å². The van der Waals surface area contributed by atoms with Gasteiger partial charge in [-0.1, -0.05) is 81.5 Å². The standard InChI is InChI=1S/C24H29NO/c1-2-3-4-5-6-7-11-19-12-8-9-13-21(19)18-22-16-15-20-14-10-17-25-23(20)24(22)26/h8-10,12-17,26H,2-7,11,18H2,1H3. The van der Waals surface area contributed by atoms with Crippen LogP contribution in [-0.4, -0.2) is 10.1 Å². The normalized spacial score (nSPS) is 11.1. The van der Waals surface area contributed by atoms with Gasteiger partial charge < -0.3 is 5.11 Å². The summed E-state index contributed by atoms with van der Waals surface area (Å²) in [5.74, 6) is 0.317. The number of aromatic hydroxyl groups is 1. The zero-order chi connectivity index (χ0) is 18.2. The number of aryl methyl sites for hydroxylation is 1. The Morgan fingerprint density at radius 1 is 0.769 bits per heavy atom. The first kappa shape index (κ1) is 18.4. The van der Waals surface area contributed by atoms with E-state index in [4.69, 9.17) is 0 Å². The lowest BCUT2D eigenvalue weighted by molar-refractivity contribution is 0.474. The van der Waals surface area contributed by atoms with Crippen molar-refractivity contribution in [2.75, 3.05) is 0 Å². The predicted octanol–water partition coefficient (Wildman–Crippen LogP) is 6.43. The van der Waals surface area contributed by atoms with Crippen LogP contribution in [0.5, 0.6) is 5.75 Å². The summed E-state index contributed by atoms with van der Waals surface area (Å²) in [5, 5.41) is 11.6. The third kappa shape index (κ3) is 4.63. The Balaban J connectivity index is 1.69. The maximum Gasteiger partial charge on any atom is 0.145 e. The van der Waals surface area contributed by atoms with Crippen molar-refractivity contribution in [1.29, 1.82) is 0 Å². The van der Waals surface area contributed by atoms with Crippen LogP contribution in [0.1, 0.15) is 62.1 Å². The van der Waals surface area contributed by atoms with Gasteiger partial charge in [0.15, 0.2) is 0 Å². The van der Waals surface area contributed by atoms with Crippen LogP contribution < -0.4 is 0 Å². The zero-order valence-corrected chi connectivity index (χ0v) is 15.7. The van der Waals surface area contributed by atoms with Crippen LogP contribution in [0.15, 0.2) is 54.7 Å². The Hall–Kier alpha value is -2.35. The molecule has 0 spiro atoms. The molecule has 0 radical (unpaired) electrons. The number of pyridine rings is 1. The second kappa shape index (κ2) is 9.38. The van der Waals surface area contributed by atoms with Gasteiger partial charge in [0.25, 0.3) is 0 Å². The molecule has 0 atom stereocenters. The molecule has 0 fully saturated rings. The van der Waals surface area contributed by atoms with Gasteiger partial charge in [0.1, 0.15) is 11.3 Å². The van der Waals surface area contributed by atoms with E-state index in [0.29, 0.717) is 11.3 Å². The van der Waals surface area contributed by atoms with Gasteiger partial charge in [-0.25, -0.2) is 0 Å². The van der Waals surface area contributed by atoms with Crippen molar-refractivity contribution in [3.8, 4) is 5.75 Å². The second-order valence-corrected chi connectivity index (χ2v) is 7.11. The van der Waals surface area contributed by atoms with Crippen LogP contribution in [-0.2, 0) is 12.8 Å². The van der Waals surface area contributed by atoms with Gasteiger partial charge in [0.05, 0.1) is 0 Å². The minimum Gasteiger partial charge on any atom is -0.505 e. The first-order valence-electron chi connectivity index (χ1n) is 9.92. The van der Waals surface area contributed by atoms with Gasteiger partial charge in [0.2, 0.25) is 0 Å². The van der Waals surface area contributed by atoms with Crippen molar-refractivity contribution in [2.24, 2.45) is 0 Å². The van der Waals surface area contributed by atoms with Crippen LogP contribution in [0.25, 0.3) is 10.9 Å². The van der Waals surface area contributed by atoms with E-state index < -0.39 is 0 Å². The molecule has 0 aliphatic heterocycles. The molecule has 0 amide bonds. The van der Waals surface area contributed by atoms with E-state index in [-0.39, 0.29) is 0 Å². The highest BCUT2D eigenvalue weighted by atomic mass is 16.3. The number of aromatic nitrogens is 1. The highest BCUT2D eigenvalue weighted by molar-refractivity contribution is 5.85. The fourth-order valence-corrected chi connectivity index (χ4v) is 3.59. The van der Waals surface area contributed by atoms with Gasteiger partial charge in [-0.2, -0.15) is 0 Å². The lowest BCUT2D eigenvalue weighted by atomic mass is 9.95. The summed E-state index contributed by atoms with van der Waals surface area (Å²) < 4.78 is 0. The Kier molecular flexibility index (Phi) is 6.65. The topological polar surface area (TPSA) is 33.1 Å². The van der Waals surface area contributed by atoms with Gasteiger partial charge >= 0.3 is 0 Å². The van der Waals surface area contributed by atoms with Crippen molar-refractivity contribution < 1.29 is 5.11 Å². The first-order chi connectivity index (χ1) is 12.8. The van der Waals surface area contributed by atoms with Crippen molar-refractivity contribution in [3.05, 3.63) is 71.4 Å². The fraction of sp³-hybridized carbons (Fsp3) is 0.375. The Bertz CT molecular complexity index is 840. The number of phenolic OH excluding ortho intramolecular Hbond substituents is 1. The highest BCUT2D eigenvalue weighted by Crippen LogP contribution is 2.29.